The number of carbonyl (C=O) groups is 1. The van der Waals surface area contributed by atoms with Crippen LogP contribution in [-0.2, 0) is 13.1 Å². The fourth-order valence-electron chi connectivity index (χ4n) is 2.79. The molecule has 8 heteroatoms. The van der Waals surface area contributed by atoms with Crippen LogP contribution in [0.4, 0.5) is 10.1 Å². The minimum atomic E-state index is -0.366. The van der Waals surface area contributed by atoms with E-state index in [0.29, 0.717) is 17.8 Å². The molecule has 3 rings (SSSR count). The van der Waals surface area contributed by atoms with Gasteiger partial charge in [0.2, 0.25) is 5.01 Å². The van der Waals surface area contributed by atoms with Gasteiger partial charge in [0.25, 0.3) is 5.91 Å². The maximum atomic E-state index is 13.0. The second kappa shape index (κ2) is 9.87. The molecule has 0 saturated heterocycles. The Balaban J connectivity index is 1.63. The molecule has 1 amide bonds. The van der Waals surface area contributed by atoms with Crippen molar-refractivity contribution in [1.29, 1.82) is 5.26 Å². The number of hydrogen-bond donors (Lipinski definition) is 1. The summed E-state index contributed by atoms with van der Waals surface area (Å²) in [6, 6.07) is 15.2. The first-order valence-corrected chi connectivity index (χ1v) is 9.99. The van der Waals surface area contributed by atoms with E-state index in [1.165, 1.54) is 35.6 Å². The molecule has 3 aromatic rings. The molecule has 0 aliphatic rings. The van der Waals surface area contributed by atoms with Gasteiger partial charge in [-0.15, -0.1) is 10.2 Å². The van der Waals surface area contributed by atoms with Crippen LogP contribution < -0.4 is 5.32 Å². The van der Waals surface area contributed by atoms with Crippen LogP contribution in [0, 0.1) is 17.1 Å². The Labute approximate surface area is 172 Å². The Kier molecular flexibility index (Phi) is 7.00. The molecular weight excluding hydrogens is 389 g/mol. The maximum absolute atomic E-state index is 13.0. The summed E-state index contributed by atoms with van der Waals surface area (Å²) >= 11 is 1.24. The maximum Gasteiger partial charge on any atom is 0.286 e. The Morgan fingerprint density at radius 2 is 1.86 bits per heavy atom. The highest BCUT2D eigenvalue weighted by Gasteiger charge is 2.15. The number of nitrogens with zero attached hydrogens (tertiary/aromatic N) is 4. The van der Waals surface area contributed by atoms with Gasteiger partial charge in [0.1, 0.15) is 10.8 Å². The van der Waals surface area contributed by atoms with Crippen LogP contribution in [-0.4, -0.2) is 27.5 Å². The van der Waals surface area contributed by atoms with E-state index in [1.807, 2.05) is 24.3 Å². The molecule has 0 atom stereocenters. The number of benzene rings is 2. The van der Waals surface area contributed by atoms with Crippen LogP contribution in [0.25, 0.3) is 0 Å². The fourth-order valence-corrected chi connectivity index (χ4v) is 3.57. The van der Waals surface area contributed by atoms with E-state index in [4.69, 9.17) is 5.26 Å². The van der Waals surface area contributed by atoms with Gasteiger partial charge in [0.15, 0.2) is 0 Å². The van der Waals surface area contributed by atoms with Gasteiger partial charge in [0, 0.05) is 12.2 Å². The number of rotatable bonds is 8. The van der Waals surface area contributed by atoms with E-state index in [-0.39, 0.29) is 16.7 Å². The standard InChI is InChI=1S/C21H20FN5OS/c1-2-11-27(13-16-5-3-15(12-23)4-6-16)14-19-25-26-21(29-19)20(28)24-18-9-7-17(22)8-10-18/h3-10H,2,11,13-14H2,1H3,(H,24,28). The third-order valence-corrected chi connectivity index (χ3v) is 5.06. The summed E-state index contributed by atoms with van der Waals surface area (Å²) in [7, 11) is 0. The zero-order valence-electron chi connectivity index (χ0n) is 15.9. The van der Waals surface area contributed by atoms with Crippen LogP contribution in [0.15, 0.2) is 48.5 Å². The molecule has 1 heterocycles. The van der Waals surface area contributed by atoms with Gasteiger partial charge in [-0.25, -0.2) is 4.39 Å². The molecular formula is C21H20FN5OS. The summed E-state index contributed by atoms with van der Waals surface area (Å²) in [5, 5.41) is 20.8. The lowest BCUT2D eigenvalue weighted by Crippen LogP contribution is -2.23. The summed E-state index contributed by atoms with van der Waals surface area (Å²) in [6.45, 7) is 4.27. The van der Waals surface area contributed by atoms with E-state index in [1.54, 1.807) is 0 Å². The SMILES string of the molecule is CCCN(Cc1ccc(C#N)cc1)Cc1nnc(C(=O)Nc2ccc(F)cc2)s1. The Bertz CT molecular complexity index is 995. The second-order valence-corrected chi connectivity index (χ2v) is 7.54. The van der Waals surface area contributed by atoms with Crippen molar-refractivity contribution in [3.63, 3.8) is 0 Å². The van der Waals surface area contributed by atoms with Crippen molar-refractivity contribution in [3.05, 3.63) is 75.5 Å². The molecule has 1 N–H and O–H groups in total. The number of carbonyl (C=O) groups excluding carboxylic acids is 1. The molecule has 0 aliphatic heterocycles. The molecule has 0 bridgehead atoms. The minimum Gasteiger partial charge on any atom is -0.320 e. The number of halogens is 1. The van der Waals surface area contributed by atoms with E-state index < -0.39 is 0 Å². The molecule has 148 valence electrons. The summed E-state index contributed by atoms with van der Waals surface area (Å²) in [5.74, 6) is -0.728. The van der Waals surface area contributed by atoms with Crippen LogP contribution in [0.1, 0.15) is 39.3 Å². The smallest absolute Gasteiger partial charge is 0.286 e. The fraction of sp³-hybridized carbons (Fsp3) is 0.238. The van der Waals surface area contributed by atoms with Crippen molar-refractivity contribution in [2.24, 2.45) is 0 Å². The average molecular weight is 409 g/mol. The van der Waals surface area contributed by atoms with E-state index in [2.05, 4.69) is 33.4 Å². The lowest BCUT2D eigenvalue weighted by Gasteiger charge is -2.20. The molecule has 0 unspecified atom stereocenters. The Morgan fingerprint density at radius 1 is 1.14 bits per heavy atom. The Hall–Kier alpha value is -3.15. The summed E-state index contributed by atoms with van der Waals surface area (Å²) in [6.07, 6.45) is 0.979. The van der Waals surface area contributed by atoms with E-state index >= 15 is 0 Å². The minimum absolute atomic E-state index is 0.263. The predicted octanol–water partition coefficient (Wildman–Crippen LogP) is 4.21. The zero-order chi connectivity index (χ0) is 20.6. The lowest BCUT2D eigenvalue weighted by molar-refractivity contribution is 0.102. The van der Waals surface area contributed by atoms with Crippen molar-refractivity contribution >= 4 is 22.9 Å². The number of nitriles is 1. The summed E-state index contributed by atoms with van der Waals surface area (Å²) < 4.78 is 13.0. The highest BCUT2D eigenvalue weighted by Crippen LogP contribution is 2.17. The zero-order valence-corrected chi connectivity index (χ0v) is 16.7. The number of anilines is 1. The van der Waals surface area contributed by atoms with Gasteiger partial charge >= 0.3 is 0 Å². The second-order valence-electron chi connectivity index (χ2n) is 6.48. The van der Waals surface area contributed by atoms with Gasteiger partial charge < -0.3 is 5.32 Å². The van der Waals surface area contributed by atoms with Gasteiger partial charge in [-0.2, -0.15) is 5.26 Å². The average Bonchev–Trinajstić information content (AvgIpc) is 3.19. The molecule has 0 radical (unpaired) electrons. The van der Waals surface area contributed by atoms with Crippen LogP contribution in [0.3, 0.4) is 0 Å². The predicted molar refractivity (Wildman–Crippen MR) is 110 cm³/mol. The number of amides is 1. The first-order chi connectivity index (χ1) is 14.1. The van der Waals surface area contributed by atoms with Crippen molar-refractivity contribution in [3.8, 4) is 6.07 Å². The van der Waals surface area contributed by atoms with Crippen LogP contribution in [0.5, 0.6) is 0 Å². The summed E-state index contributed by atoms with van der Waals surface area (Å²) in [5.41, 5.74) is 2.24. The van der Waals surface area contributed by atoms with Crippen LogP contribution >= 0.6 is 11.3 Å². The quantitative estimate of drug-likeness (QED) is 0.603. The number of hydrogen-bond acceptors (Lipinski definition) is 6. The topological polar surface area (TPSA) is 81.9 Å². The van der Waals surface area contributed by atoms with E-state index in [0.717, 1.165) is 30.1 Å². The number of aromatic nitrogens is 2. The van der Waals surface area contributed by atoms with Crippen LogP contribution in [0.2, 0.25) is 0 Å². The largest absolute Gasteiger partial charge is 0.320 e. The molecule has 0 saturated carbocycles. The molecule has 1 aromatic heterocycles. The van der Waals surface area contributed by atoms with Crippen molar-refractivity contribution in [1.82, 2.24) is 15.1 Å². The number of nitrogens with one attached hydrogen (secondary N) is 1. The molecule has 0 spiro atoms. The monoisotopic (exact) mass is 409 g/mol. The molecule has 0 fully saturated rings. The van der Waals surface area contributed by atoms with Gasteiger partial charge in [-0.1, -0.05) is 30.4 Å². The molecule has 6 nitrogen and oxygen atoms in total. The first-order valence-electron chi connectivity index (χ1n) is 9.18. The first kappa shape index (κ1) is 20.6. The summed E-state index contributed by atoms with van der Waals surface area (Å²) in [4.78, 5) is 14.6. The highest BCUT2D eigenvalue weighted by atomic mass is 32.1. The van der Waals surface area contributed by atoms with Crippen molar-refractivity contribution < 1.29 is 9.18 Å². The lowest BCUT2D eigenvalue weighted by atomic mass is 10.1. The van der Waals surface area contributed by atoms with Gasteiger partial charge in [0.05, 0.1) is 18.2 Å². The third kappa shape index (κ3) is 5.91. The van der Waals surface area contributed by atoms with Gasteiger partial charge in [-0.3, -0.25) is 9.69 Å². The molecule has 29 heavy (non-hydrogen) atoms. The third-order valence-electron chi connectivity index (χ3n) is 4.15. The van der Waals surface area contributed by atoms with Gasteiger partial charge in [-0.05, 0) is 54.9 Å². The Morgan fingerprint density at radius 3 is 2.52 bits per heavy atom. The highest BCUT2D eigenvalue weighted by molar-refractivity contribution is 7.13. The van der Waals surface area contributed by atoms with Crippen molar-refractivity contribution in [2.45, 2.75) is 26.4 Å². The van der Waals surface area contributed by atoms with E-state index in [9.17, 15) is 9.18 Å². The van der Waals surface area contributed by atoms with Crippen molar-refractivity contribution in [2.75, 3.05) is 11.9 Å². The normalized spacial score (nSPS) is 10.7. The molecule has 0 aliphatic carbocycles. The molecule has 2 aromatic carbocycles.